The number of hydrogen-bond donors (Lipinski definition) is 1. The lowest BCUT2D eigenvalue weighted by atomic mass is 9.93. The molecule has 2 saturated heterocycles. The number of likely N-dealkylation sites (tertiary alicyclic amines) is 1. The van der Waals surface area contributed by atoms with Crippen LogP contribution in [-0.2, 0) is 20.4 Å². The molecule has 1 N–H and O–H groups in total. The summed E-state index contributed by atoms with van der Waals surface area (Å²) in [7, 11) is -3.69. The Morgan fingerprint density at radius 2 is 1.82 bits per heavy atom. The lowest BCUT2D eigenvalue weighted by Gasteiger charge is -2.48. The van der Waals surface area contributed by atoms with E-state index >= 15 is 0 Å². The number of piperidine rings is 1. The maximum Gasteiger partial charge on any atom is 0.421 e. The molecule has 7 nitrogen and oxygen atoms in total. The molecular weight excluding hydrogens is 539 g/mol. The second kappa shape index (κ2) is 11.2. The normalized spacial score (nSPS) is 25.7. The molecule has 0 spiro atoms. The summed E-state index contributed by atoms with van der Waals surface area (Å²) in [5.74, 6) is 0. The van der Waals surface area contributed by atoms with Crippen molar-refractivity contribution >= 4 is 33.3 Å². The Labute approximate surface area is 225 Å². The number of aldehydes is 1. The molecule has 0 amide bonds. The summed E-state index contributed by atoms with van der Waals surface area (Å²) in [6, 6.07) is 8.91. The highest BCUT2D eigenvalue weighted by atomic mass is 32.2. The molecule has 2 aliphatic heterocycles. The van der Waals surface area contributed by atoms with Gasteiger partial charge >= 0.3 is 6.18 Å². The molecule has 0 bridgehead atoms. The Balaban J connectivity index is 1.64. The zero-order chi connectivity index (χ0) is 27.7. The number of benzene rings is 1. The number of rotatable bonds is 8. The van der Waals surface area contributed by atoms with Crippen LogP contribution in [0.3, 0.4) is 0 Å². The summed E-state index contributed by atoms with van der Waals surface area (Å²) in [5, 5.41) is 11.8. The average Bonchev–Trinajstić information content (AvgIpc) is 3.42. The van der Waals surface area contributed by atoms with Crippen molar-refractivity contribution in [3.05, 3.63) is 47.3 Å². The van der Waals surface area contributed by atoms with Crippen molar-refractivity contribution in [2.24, 2.45) is 0 Å². The van der Waals surface area contributed by atoms with Crippen LogP contribution in [-0.4, -0.2) is 79.5 Å². The second-order valence-electron chi connectivity index (χ2n) is 10.3. The first-order valence-corrected chi connectivity index (χ1v) is 15.1. The zero-order valence-corrected chi connectivity index (χ0v) is 23.1. The van der Waals surface area contributed by atoms with Gasteiger partial charge < -0.3 is 14.8 Å². The smallest absolute Gasteiger partial charge is 0.376 e. The third kappa shape index (κ3) is 5.79. The van der Waals surface area contributed by atoms with E-state index in [1.807, 2.05) is 4.90 Å². The minimum absolute atomic E-state index is 0.0617. The molecule has 2 unspecified atom stereocenters. The van der Waals surface area contributed by atoms with Gasteiger partial charge in [0.1, 0.15) is 10.5 Å². The van der Waals surface area contributed by atoms with Crippen molar-refractivity contribution in [3.8, 4) is 0 Å². The number of carbonyl (C=O) groups is 1. The molecule has 1 aromatic carbocycles. The van der Waals surface area contributed by atoms with Crippen LogP contribution in [0.15, 0.2) is 46.0 Å². The van der Waals surface area contributed by atoms with Gasteiger partial charge in [0.25, 0.3) is 10.0 Å². The summed E-state index contributed by atoms with van der Waals surface area (Å²) in [6.45, 7) is 4.14. The lowest BCUT2D eigenvalue weighted by Crippen LogP contribution is -2.60. The van der Waals surface area contributed by atoms with Crippen molar-refractivity contribution in [2.45, 2.75) is 73.6 Å². The Hall–Kier alpha value is -1.99. The average molecular weight is 574 g/mol. The number of aliphatic hydroxyl groups is 1. The molecule has 38 heavy (non-hydrogen) atoms. The van der Waals surface area contributed by atoms with Gasteiger partial charge in [-0.25, -0.2) is 8.42 Å². The Morgan fingerprint density at radius 1 is 1.11 bits per heavy atom. The molecule has 210 valence electrons. The molecule has 2 aliphatic rings. The van der Waals surface area contributed by atoms with Gasteiger partial charge in [0, 0.05) is 50.4 Å². The largest absolute Gasteiger partial charge is 0.421 e. The van der Waals surface area contributed by atoms with E-state index in [0.717, 1.165) is 43.8 Å². The van der Waals surface area contributed by atoms with Gasteiger partial charge in [-0.1, -0.05) is 24.6 Å². The van der Waals surface area contributed by atoms with E-state index in [9.17, 15) is 31.5 Å². The summed E-state index contributed by atoms with van der Waals surface area (Å²) in [4.78, 5) is 15.7. The van der Waals surface area contributed by atoms with Crippen LogP contribution in [0.5, 0.6) is 0 Å². The first-order chi connectivity index (χ1) is 17.9. The van der Waals surface area contributed by atoms with Crippen LogP contribution in [0.4, 0.5) is 18.9 Å². The molecule has 0 radical (unpaired) electrons. The number of thiophene rings is 1. The fourth-order valence-electron chi connectivity index (χ4n) is 5.50. The van der Waals surface area contributed by atoms with Crippen molar-refractivity contribution in [1.29, 1.82) is 0 Å². The van der Waals surface area contributed by atoms with E-state index in [1.54, 1.807) is 29.6 Å². The third-order valence-corrected chi connectivity index (χ3v) is 11.1. The van der Waals surface area contributed by atoms with Crippen molar-refractivity contribution in [1.82, 2.24) is 9.21 Å². The fraction of sp³-hybridized carbons (Fsp3) is 0.577. The van der Waals surface area contributed by atoms with Gasteiger partial charge in [-0.05, 0) is 55.8 Å². The number of hydrogen-bond acceptors (Lipinski definition) is 7. The number of anilines is 1. The van der Waals surface area contributed by atoms with Crippen LogP contribution in [0, 0.1) is 0 Å². The Morgan fingerprint density at radius 3 is 2.42 bits per heavy atom. The lowest BCUT2D eigenvalue weighted by molar-refractivity contribution is -0.258. The van der Waals surface area contributed by atoms with Gasteiger partial charge in [-0.2, -0.15) is 17.5 Å². The van der Waals surface area contributed by atoms with Crippen LogP contribution >= 0.6 is 11.3 Å². The van der Waals surface area contributed by atoms with Gasteiger partial charge in [-0.3, -0.25) is 4.90 Å². The molecule has 2 fully saturated rings. The summed E-state index contributed by atoms with van der Waals surface area (Å²) >= 11 is 1.16. The number of piperazine rings is 1. The third-order valence-electron chi connectivity index (χ3n) is 7.83. The second-order valence-corrected chi connectivity index (χ2v) is 13.4. The first kappa shape index (κ1) is 29.0. The number of halogens is 3. The van der Waals surface area contributed by atoms with Crippen LogP contribution in [0.2, 0.25) is 0 Å². The molecule has 4 atom stereocenters. The van der Waals surface area contributed by atoms with Crippen molar-refractivity contribution in [2.75, 3.05) is 31.1 Å². The van der Waals surface area contributed by atoms with Crippen LogP contribution in [0.25, 0.3) is 0 Å². The number of carbonyl (C=O) groups excluding carboxylic acids is 1. The molecule has 4 rings (SSSR count). The highest BCUT2D eigenvalue weighted by molar-refractivity contribution is 7.91. The predicted octanol–water partition coefficient (Wildman–Crippen LogP) is 4.23. The SMILES string of the molecule is CC1CCCC(CC=O)N1C[C@H]1CN(S(=O)(=O)c2cccs2)CCN1c1ccc([C@](C)(O)C(F)(F)F)cc1. The monoisotopic (exact) mass is 573 g/mol. The predicted molar refractivity (Wildman–Crippen MR) is 141 cm³/mol. The van der Waals surface area contributed by atoms with E-state index in [2.05, 4.69) is 11.8 Å². The van der Waals surface area contributed by atoms with Crippen molar-refractivity contribution < 1.29 is 31.5 Å². The number of sulfonamides is 1. The number of alkyl halides is 3. The Bertz CT molecular complexity index is 1190. The van der Waals surface area contributed by atoms with E-state index < -0.39 is 21.8 Å². The molecule has 3 heterocycles. The fourth-order valence-corrected chi connectivity index (χ4v) is 8.11. The summed E-state index contributed by atoms with van der Waals surface area (Å²) in [6.07, 6.45) is -0.627. The quantitative estimate of drug-likeness (QED) is 0.477. The maximum absolute atomic E-state index is 13.4. The van der Waals surface area contributed by atoms with Gasteiger partial charge in [0.2, 0.25) is 0 Å². The zero-order valence-electron chi connectivity index (χ0n) is 21.5. The minimum Gasteiger partial charge on any atom is -0.376 e. The highest BCUT2D eigenvalue weighted by Crippen LogP contribution is 2.39. The molecule has 12 heteroatoms. The van der Waals surface area contributed by atoms with E-state index in [1.165, 1.54) is 16.4 Å². The first-order valence-electron chi connectivity index (χ1n) is 12.8. The Kier molecular flexibility index (Phi) is 8.58. The van der Waals surface area contributed by atoms with Gasteiger partial charge in [0.15, 0.2) is 5.60 Å². The summed E-state index contributed by atoms with van der Waals surface area (Å²) in [5.41, 5.74) is -2.59. The van der Waals surface area contributed by atoms with Crippen molar-refractivity contribution in [3.63, 3.8) is 0 Å². The van der Waals surface area contributed by atoms with E-state index in [4.69, 9.17) is 0 Å². The van der Waals surface area contributed by atoms with Gasteiger partial charge in [-0.15, -0.1) is 11.3 Å². The topological polar surface area (TPSA) is 81.2 Å². The standard InChI is InChI=1S/C26H34F3N3O4S2/c1-19-5-3-6-21(12-15-33)32(19)18-23-17-30(38(35,36)24-7-4-16-37-24)13-14-31(23)22-10-8-20(9-11-22)25(2,34)26(27,28)29/h4,7-11,15-16,19,21,23,34H,3,5-6,12-14,17-18H2,1-2H3/t19?,21?,23-,25+/m1/s1. The maximum atomic E-state index is 13.4. The minimum atomic E-state index is -4.82. The molecule has 2 aromatic rings. The van der Waals surface area contributed by atoms with E-state index in [-0.39, 0.29) is 41.0 Å². The van der Waals surface area contributed by atoms with E-state index in [0.29, 0.717) is 25.2 Å². The molecular formula is C26H34F3N3O4S2. The van der Waals surface area contributed by atoms with Crippen LogP contribution < -0.4 is 4.90 Å². The summed E-state index contributed by atoms with van der Waals surface area (Å²) < 4.78 is 68.5. The van der Waals surface area contributed by atoms with Gasteiger partial charge in [0.05, 0.1) is 6.04 Å². The van der Waals surface area contributed by atoms with Crippen LogP contribution in [0.1, 0.15) is 45.1 Å². The number of nitrogens with zero attached hydrogens (tertiary/aromatic N) is 3. The molecule has 0 saturated carbocycles. The highest BCUT2D eigenvalue weighted by Gasteiger charge is 2.51. The molecule has 1 aromatic heterocycles. The molecule has 0 aliphatic carbocycles.